The molecule has 1 aliphatic carbocycles. The van der Waals surface area contributed by atoms with E-state index in [4.69, 9.17) is 0 Å². The summed E-state index contributed by atoms with van der Waals surface area (Å²) >= 11 is 0. The Labute approximate surface area is 154 Å². The van der Waals surface area contributed by atoms with Crippen LogP contribution in [-0.4, -0.2) is 5.11 Å². The number of rotatable bonds is 4. The number of phenolic OH excluding ortho intramolecular Hbond substituents is 1. The van der Waals surface area contributed by atoms with Gasteiger partial charge in [-0.15, -0.1) is 0 Å². The van der Waals surface area contributed by atoms with Crippen LogP contribution in [0.15, 0.2) is 60.7 Å². The molecule has 1 fully saturated rings. The van der Waals surface area contributed by atoms with Crippen molar-refractivity contribution in [2.45, 2.75) is 44.4 Å². The first-order chi connectivity index (χ1) is 12.6. The van der Waals surface area contributed by atoms with Crippen LogP contribution >= 0.6 is 0 Å². The lowest BCUT2D eigenvalue weighted by atomic mass is 9.86. The van der Waals surface area contributed by atoms with E-state index in [0.717, 1.165) is 18.4 Å². The van der Waals surface area contributed by atoms with Gasteiger partial charge in [-0.2, -0.15) is 0 Å². The second kappa shape index (κ2) is 7.11. The van der Waals surface area contributed by atoms with Crippen LogP contribution in [0, 0.1) is 11.7 Å². The molecule has 1 N–H and O–H groups in total. The molecule has 0 heterocycles. The molecule has 3 aromatic rings. The number of fused-ring (bicyclic) bond motifs is 1. The molecule has 26 heavy (non-hydrogen) atoms. The largest absolute Gasteiger partial charge is 0.505 e. The number of aromatic hydroxyl groups is 1. The van der Waals surface area contributed by atoms with E-state index in [-0.39, 0.29) is 5.75 Å². The summed E-state index contributed by atoms with van der Waals surface area (Å²) in [6.07, 6.45) is 4.59. The predicted octanol–water partition coefficient (Wildman–Crippen LogP) is 6.76. The Hall–Kier alpha value is -2.35. The fourth-order valence-electron chi connectivity index (χ4n) is 4.68. The topological polar surface area (TPSA) is 20.2 Å². The van der Waals surface area contributed by atoms with Gasteiger partial charge in [-0.25, -0.2) is 4.39 Å². The molecule has 134 valence electrons. The summed E-state index contributed by atoms with van der Waals surface area (Å²) < 4.78 is 13.7. The van der Waals surface area contributed by atoms with E-state index in [9.17, 15) is 9.50 Å². The van der Waals surface area contributed by atoms with Crippen molar-refractivity contribution in [2.75, 3.05) is 0 Å². The molecule has 3 atom stereocenters. The lowest BCUT2D eigenvalue weighted by Gasteiger charge is -2.19. The van der Waals surface area contributed by atoms with Crippen molar-refractivity contribution in [1.82, 2.24) is 0 Å². The maximum Gasteiger partial charge on any atom is 0.165 e. The van der Waals surface area contributed by atoms with Crippen molar-refractivity contribution in [2.24, 2.45) is 5.92 Å². The SMILES string of the molecule is C[C@@H](C[C@H]1CC[C@@H](c2ccc(O)c(F)c2)C1)c1cccc2ccccc12. The summed E-state index contributed by atoms with van der Waals surface area (Å²) in [6, 6.07) is 20.1. The smallest absolute Gasteiger partial charge is 0.165 e. The average Bonchev–Trinajstić information content (AvgIpc) is 3.12. The zero-order valence-corrected chi connectivity index (χ0v) is 15.2. The van der Waals surface area contributed by atoms with Gasteiger partial charge in [-0.1, -0.05) is 55.5 Å². The molecule has 0 spiro atoms. The molecule has 1 aliphatic rings. The molecule has 3 aromatic carbocycles. The highest BCUT2D eigenvalue weighted by atomic mass is 19.1. The Balaban J connectivity index is 1.47. The monoisotopic (exact) mass is 348 g/mol. The summed E-state index contributed by atoms with van der Waals surface area (Å²) in [5.74, 6) is 0.838. The first kappa shape index (κ1) is 17.1. The standard InChI is InChI=1S/C24H25FO/c1-16(21-8-4-6-18-5-2-3-7-22(18)21)13-17-9-10-19(14-17)20-11-12-24(26)23(25)15-20/h2-8,11-12,15-17,19,26H,9-10,13-14H2,1H3/t16-,17+,19+/m0/s1. The molecule has 0 amide bonds. The highest BCUT2D eigenvalue weighted by Gasteiger charge is 2.28. The summed E-state index contributed by atoms with van der Waals surface area (Å²) in [5, 5.41) is 12.1. The zero-order chi connectivity index (χ0) is 18.1. The number of hydrogen-bond acceptors (Lipinski definition) is 1. The second-order valence-electron chi connectivity index (χ2n) is 7.79. The quantitative estimate of drug-likeness (QED) is 0.552. The molecule has 0 unspecified atom stereocenters. The Morgan fingerprint density at radius 3 is 2.69 bits per heavy atom. The van der Waals surface area contributed by atoms with E-state index >= 15 is 0 Å². The van der Waals surface area contributed by atoms with E-state index in [0.29, 0.717) is 17.8 Å². The first-order valence-corrected chi connectivity index (χ1v) is 9.58. The molecule has 0 radical (unpaired) electrons. The molecule has 0 bridgehead atoms. The molecule has 0 aliphatic heterocycles. The Morgan fingerprint density at radius 2 is 1.85 bits per heavy atom. The van der Waals surface area contributed by atoms with Crippen LogP contribution in [0.25, 0.3) is 10.8 Å². The van der Waals surface area contributed by atoms with Crippen LogP contribution in [0.3, 0.4) is 0 Å². The molecule has 0 saturated heterocycles. The predicted molar refractivity (Wildman–Crippen MR) is 105 cm³/mol. The number of halogens is 1. The molecular weight excluding hydrogens is 323 g/mol. The highest BCUT2D eigenvalue weighted by molar-refractivity contribution is 5.86. The third-order valence-corrected chi connectivity index (χ3v) is 6.03. The maximum atomic E-state index is 13.7. The number of phenols is 1. The van der Waals surface area contributed by atoms with Crippen molar-refractivity contribution in [3.8, 4) is 5.75 Å². The van der Waals surface area contributed by atoms with E-state index in [1.54, 1.807) is 0 Å². The van der Waals surface area contributed by atoms with Crippen molar-refractivity contribution in [1.29, 1.82) is 0 Å². The van der Waals surface area contributed by atoms with Crippen molar-refractivity contribution >= 4 is 10.8 Å². The third kappa shape index (κ3) is 3.33. The molecular formula is C24H25FO. The minimum absolute atomic E-state index is 0.257. The zero-order valence-electron chi connectivity index (χ0n) is 15.2. The van der Waals surface area contributed by atoms with Gasteiger partial charge in [0.1, 0.15) is 0 Å². The van der Waals surface area contributed by atoms with Gasteiger partial charge in [0.2, 0.25) is 0 Å². The lowest BCUT2D eigenvalue weighted by molar-refractivity contribution is 0.430. The van der Waals surface area contributed by atoms with Crippen LogP contribution in [0.4, 0.5) is 4.39 Å². The number of benzene rings is 3. The first-order valence-electron chi connectivity index (χ1n) is 9.58. The van der Waals surface area contributed by atoms with Crippen molar-refractivity contribution < 1.29 is 9.50 Å². The van der Waals surface area contributed by atoms with Gasteiger partial charge in [0.05, 0.1) is 0 Å². The summed E-state index contributed by atoms with van der Waals surface area (Å²) in [7, 11) is 0. The normalized spacial score (nSPS) is 21.2. The summed E-state index contributed by atoms with van der Waals surface area (Å²) in [6.45, 7) is 2.33. The van der Waals surface area contributed by atoms with E-state index in [1.165, 1.54) is 41.3 Å². The Bertz CT molecular complexity index is 912. The van der Waals surface area contributed by atoms with Gasteiger partial charge >= 0.3 is 0 Å². The third-order valence-electron chi connectivity index (χ3n) is 6.03. The van der Waals surface area contributed by atoms with E-state index < -0.39 is 5.82 Å². The van der Waals surface area contributed by atoms with Gasteiger partial charge < -0.3 is 5.11 Å². The van der Waals surface area contributed by atoms with Crippen LogP contribution < -0.4 is 0 Å². The maximum absolute atomic E-state index is 13.7. The second-order valence-corrected chi connectivity index (χ2v) is 7.79. The van der Waals surface area contributed by atoms with Crippen LogP contribution in [0.1, 0.15) is 55.6 Å². The molecule has 1 saturated carbocycles. The average molecular weight is 348 g/mol. The van der Waals surface area contributed by atoms with Gasteiger partial charge in [-0.05, 0) is 77.5 Å². The number of hydrogen-bond donors (Lipinski definition) is 1. The van der Waals surface area contributed by atoms with Crippen LogP contribution in [0.2, 0.25) is 0 Å². The van der Waals surface area contributed by atoms with E-state index in [1.807, 2.05) is 6.07 Å². The molecule has 0 aromatic heterocycles. The lowest BCUT2D eigenvalue weighted by Crippen LogP contribution is -2.03. The van der Waals surface area contributed by atoms with Crippen LogP contribution in [-0.2, 0) is 0 Å². The van der Waals surface area contributed by atoms with Crippen molar-refractivity contribution in [3.63, 3.8) is 0 Å². The van der Waals surface area contributed by atoms with Crippen molar-refractivity contribution in [3.05, 3.63) is 77.6 Å². The molecule has 1 nitrogen and oxygen atoms in total. The van der Waals surface area contributed by atoms with Crippen LogP contribution in [0.5, 0.6) is 5.75 Å². The molecule has 4 rings (SSSR count). The summed E-state index contributed by atoms with van der Waals surface area (Å²) in [4.78, 5) is 0. The Kier molecular flexibility index (Phi) is 4.67. The van der Waals surface area contributed by atoms with Gasteiger partial charge in [0, 0.05) is 0 Å². The minimum atomic E-state index is -0.505. The minimum Gasteiger partial charge on any atom is -0.505 e. The fourth-order valence-corrected chi connectivity index (χ4v) is 4.68. The van der Waals surface area contributed by atoms with Gasteiger partial charge in [0.25, 0.3) is 0 Å². The van der Waals surface area contributed by atoms with Gasteiger partial charge in [-0.3, -0.25) is 0 Å². The van der Waals surface area contributed by atoms with Gasteiger partial charge in [0.15, 0.2) is 11.6 Å². The summed E-state index contributed by atoms with van der Waals surface area (Å²) in [5.41, 5.74) is 2.46. The highest BCUT2D eigenvalue weighted by Crippen LogP contribution is 2.43. The fraction of sp³-hybridized carbons (Fsp3) is 0.333. The molecule has 2 heteroatoms. The van der Waals surface area contributed by atoms with E-state index in [2.05, 4.69) is 49.4 Å². The Morgan fingerprint density at radius 1 is 1.04 bits per heavy atom.